The maximum Gasteiger partial charge on any atom is 0.425 e. The lowest BCUT2D eigenvalue weighted by atomic mass is 9.97. The van der Waals surface area contributed by atoms with Crippen LogP contribution in [0.2, 0.25) is 0 Å². The van der Waals surface area contributed by atoms with Crippen molar-refractivity contribution in [1.82, 2.24) is 19.8 Å². The van der Waals surface area contributed by atoms with Crippen molar-refractivity contribution in [2.75, 3.05) is 13.1 Å². The maximum absolute atomic E-state index is 13.5. The van der Waals surface area contributed by atoms with Crippen molar-refractivity contribution >= 4 is 11.8 Å². The van der Waals surface area contributed by atoms with E-state index in [-0.39, 0.29) is 12.5 Å². The Hall–Kier alpha value is -2.88. The molecule has 3 rings (SSSR count). The van der Waals surface area contributed by atoms with E-state index in [0.29, 0.717) is 11.1 Å². The summed E-state index contributed by atoms with van der Waals surface area (Å²) in [5.41, 5.74) is -2.26. The molecule has 0 aliphatic carbocycles. The van der Waals surface area contributed by atoms with Gasteiger partial charge in [0.2, 0.25) is 11.5 Å². The highest BCUT2D eigenvalue weighted by Crippen LogP contribution is 2.40. The van der Waals surface area contributed by atoms with Crippen molar-refractivity contribution in [3.8, 4) is 0 Å². The summed E-state index contributed by atoms with van der Waals surface area (Å²) >= 11 is 0. The van der Waals surface area contributed by atoms with Crippen molar-refractivity contribution < 1.29 is 27.9 Å². The number of likely N-dealkylation sites (tertiary alicyclic amines) is 1. The predicted molar refractivity (Wildman–Crippen MR) is 106 cm³/mol. The van der Waals surface area contributed by atoms with E-state index < -0.39 is 29.9 Å². The molecule has 1 atom stereocenters. The van der Waals surface area contributed by atoms with Gasteiger partial charge in [0.25, 0.3) is 5.91 Å². The Labute approximate surface area is 177 Å². The first kappa shape index (κ1) is 22.8. The molecular weight excluding hydrogens is 413 g/mol. The normalized spacial score (nSPS) is 16.6. The van der Waals surface area contributed by atoms with Crippen LogP contribution in [-0.2, 0) is 24.0 Å². The van der Waals surface area contributed by atoms with E-state index in [1.807, 2.05) is 0 Å². The molecule has 1 saturated heterocycles. The number of nitrogens with zero attached hydrogens (tertiary/aromatic N) is 3. The van der Waals surface area contributed by atoms with Gasteiger partial charge < -0.3 is 19.9 Å². The van der Waals surface area contributed by atoms with Crippen LogP contribution in [0.3, 0.4) is 0 Å². The molecule has 0 bridgehead atoms. The number of carbonyl (C=O) groups is 2. The van der Waals surface area contributed by atoms with Gasteiger partial charge in [-0.15, -0.1) is 0 Å². The lowest BCUT2D eigenvalue weighted by Gasteiger charge is -2.29. The minimum absolute atomic E-state index is 0.0362. The van der Waals surface area contributed by atoms with E-state index in [9.17, 15) is 27.9 Å². The molecule has 1 unspecified atom stereocenters. The van der Waals surface area contributed by atoms with Gasteiger partial charge in [0.15, 0.2) is 5.82 Å². The van der Waals surface area contributed by atoms with Gasteiger partial charge in [-0.25, -0.2) is 4.98 Å². The molecule has 10 heteroatoms. The number of piperidine rings is 1. The molecule has 1 fully saturated rings. The molecule has 168 valence electrons. The zero-order chi connectivity index (χ0) is 22.6. The summed E-state index contributed by atoms with van der Waals surface area (Å²) in [6, 6.07) is 6.56. The van der Waals surface area contributed by atoms with E-state index in [1.165, 1.54) is 13.2 Å². The number of benzene rings is 1. The third-order valence-electron chi connectivity index (χ3n) is 5.41. The molecule has 7 nitrogen and oxygen atoms in total. The number of imidazole rings is 1. The van der Waals surface area contributed by atoms with E-state index in [2.05, 4.69) is 10.3 Å². The van der Waals surface area contributed by atoms with Crippen molar-refractivity contribution in [3.05, 3.63) is 53.6 Å². The third kappa shape index (κ3) is 5.07. The van der Waals surface area contributed by atoms with Gasteiger partial charge in [-0.2, -0.15) is 13.2 Å². The van der Waals surface area contributed by atoms with Crippen LogP contribution in [0, 0.1) is 0 Å². The van der Waals surface area contributed by atoms with Crippen molar-refractivity contribution in [2.45, 2.75) is 44.0 Å². The van der Waals surface area contributed by atoms with E-state index in [0.717, 1.165) is 43.1 Å². The number of carbonyl (C=O) groups excluding carboxylic acids is 2. The highest BCUT2D eigenvalue weighted by molar-refractivity contribution is 5.94. The fourth-order valence-corrected chi connectivity index (χ4v) is 3.61. The van der Waals surface area contributed by atoms with Crippen molar-refractivity contribution in [3.63, 3.8) is 0 Å². The highest BCUT2D eigenvalue weighted by Gasteiger charge is 2.58. The van der Waals surface area contributed by atoms with Crippen LogP contribution in [-0.4, -0.2) is 50.6 Å². The minimum atomic E-state index is -5.08. The summed E-state index contributed by atoms with van der Waals surface area (Å²) in [6.45, 7) is 1.43. The monoisotopic (exact) mass is 438 g/mol. The number of hydrogen-bond donors (Lipinski definition) is 2. The van der Waals surface area contributed by atoms with Gasteiger partial charge in [-0.1, -0.05) is 12.1 Å². The first-order valence-electron chi connectivity index (χ1n) is 10.0. The zero-order valence-corrected chi connectivity index (χ0v) is 17.2. The van der Waals surface area contributed by atoms with Crippen molar-refractivity contribution in [2.24, 2.45) is 7.05 Å². The van der Waals surface area contributed by atoms with E-state index in [1.54, 1.807) is 29.2 Å². The number of aromatic nitrogens is 2. The number of nitrogens with one attached hydrogen (secondary N) is 1. The molecular formula is C21H25F3N4O3. The molecule has 2 N–H and O–H groups in total. The largest absolute Gasteiger partial charge is 0.425 e. The number of rotatable bonds is 6. The highest BCUT2D eigenvalue weighted by atomic mass is 19.4. The fraction of sp³-hybridized carbons (Fsp3) is 0.476. The number of hydrogen-bond acceptors (Lipinski definition) is 4. The minimum Gasteiger partial charge on any atom is -0.374 e. The molecule has 2 heterocycles. The molecule has 1 aromatic carbocycles. The Morgan fingerprint density at radius 1 is 1.13 bits per heavy atom. The van der Waals surface area contributed by atoms with Crippen LogP contribution >= 0.6 is 0 Å². The topological polar surface area (TPSA) is 87.5 Å². The van der Waals surface area contributed by atoms with Gasteiger partial charge in [0.1, 0.15) is 0 Å². The fourth-order valence-electron chi connectivity index (χ4n) is 3.61. The Morgan fingerprint density at radius 3 is 2.32 bits per heavy atom. The number of halogens is 3. The smallest absolute Gasteiger partial charge is 0.374 e. The second-order valence-corrected chi connectivity index (χ2v) is 7.72. The Morgan fingerprint density at radius 2 is 1.77 bits per heavy atom. The lowest BCUT2D eigenvalue weighted by Crippen LogP contribution is -2.47. The van der Waals surface area contributed by atoms with E-state index in [4.69, 9.17) is 0 Å². The molecule has 2 amide bonds. The Kier molecular flexibility index (Phi) is 6.68. The van der Waals surface area contributed by atoms with Gasteiger partial charge >= 0.3 is 6.18 Å². The molecule has 0 spiro atoms. The van der Waals surface area contributed by atoms with Gasteiger partial charge in [-0.3, -0.25) is 9.59 Å². The van der Waals surface area contributed by atoms with Gasteiger partial charge in [-0.05, 0) is 37.0 Å². The molecule has 2 aromatic rings. The van der Waals surface area contributed by atoms with Crippen LogP contribution in [0.25, 0.3) is 0 Å². The molecule has 1 aromatic heterocycles. The van der Waals surface area contributed by atoms with Crippen LogP contribution in [0.5, 0.6) is 0 Å². The Balaban J connectivity index is 1.61. The summed E-state index contributed by atoms with van der Waals surface area (Å²) < 4.78 is 41.6. The number of amides is 2. The average molecular weight is 438 g/mol. The van der Waals surface area contributed by atoms with Crippen molar-refractivity contribution in [1.29, 1.82) is 0 Å². The molecule has 1 aliphatic rings. The van der Waals surface area contributed by atoms with Gasteiger partial charge in [0, 0.05) is 44.6 Å². The third-order valence-corrected chi connectivity index (χ3v) is 5.41. The first-order chi connectivity index (χ1) is 14.6. The maximum atomic E-state index is 13.5. The number of aryl methyl sites for hydroxylation is 1. The number of alkyl halides is 3. The van der Waals surface area contributed by atoms with Crippen LogP contribution in [0.1, 0.15) is 47.4 Å². The van der Waals surface area contributed by atoms with Gasteiger partial charge in [0.05, 0.1) is 6.42 Å². The lowest BCUT2D eigenvalue weighted by molar-refractivity contribution is -0.271. The second kappa shape index (κ2) is 9.09. The SMILES string of the molecule is Cn1ccnc1C(O)(CC(=O)NCc1ccc(C(=O)N2CCCCC2)cc1)C(F)(F)F. The summed E-state index contributed by atoms with van der Waals surface area (Å²) in [4.78, 5) is 30.0. The average Bonchev–Trinajstić information content (AvgIpc) is 3.18. The molecule has 31 heavy (non-hydrogen) atoms. The Bertz CT molecular complexity index is 921. The summed E-state index contributed by atoms with van der Waals surface area (Å²) in [5.74, 6) is -1.69. The van der Waals surface area contributed by atoms with Crippen LogP contribution in [0.15, 0.2) is 36.7 Å². The second-order valence-electron chi connectivity index (χ2n) is 7.72. The zero-order valence-electron chi connectivity index (χ0n) is 17.2. The van der Waals surface area contributed by atoms with Crippen LogP contribution in [0.4, 0.5) is 13.2 Å². The predicted octanol–water partition coefficient (Wildman–Crippen LogP) is 2.50. The van der Waals surface area contributed by atoms with E-state index >= 15 is 0 Å². The molecule has 0 radical (unpaired) electrons. The standard InChI is InChI=1S/C21H25F3N4O3/c1-27-12-9-25-19(27)20(31,21(22,23)24)13-17(29)26-14-15-5-7-16(8-6-15)18(30)28-10-3-2-4-11-28/h5-9,12,31H,2-4,10-11,13-14H2,1H3,(H,26,29). The first-order valence-corrected chi connectivity index (χ1v) is 10.0. The summed E-state index contributed by atoms with van der Waals surface area (Å²) in [5, 5.41) is 12.7. The molecule has 1 aliphatic heterocycles. The van der Waals surface area contributed by atoms with Crippen LogP contribution < -0.4 is 5.32 Å². The summed E-state index contributed by atoms with van der Waals surface area (Å²) in [6.07, 6.45) is -0.830. The molecule has 0 saturated carbocycles. The summed E-state index contributed by atoms with van der Waals surface area (Å²) in [7, 11) is 1.31. The quantitative estimate of drug-likeness (QED) is 0.726. The number of aliphatic hydroxyl groups is 1.